The zero-order valence-corrected chi connectivity index (χ0v) is 9.42. The van der Waals surface area contributed by atoms with Gasteiger partial charge in [-0.2, -0.15) is 0 Å². The molecule has 1 aromatic rings. The van der Waals surface area contributed by atoms with Gasteiger partial charge in [-0.3, -0.25) is 4.79 Å². The van der Waals surface area contributed by atoms with Crippen molar-refractivity contribution < 1.29 is 4.79 Å². The highest BCUT2D eigenvalue weighted by atomic mass is 35.5. The maximum Gasteiger partial charge on any atom is 0.237 e. The molecule has 0 saturated carbocycles. The molecule has 1 amide bonds. The van der Waals surface area contributed by atoms with Crippen molar-refractivity contribution in [3.05, 3.63) is 34.9 Å². The summed E-state index contributed by atoms with van der Waals surface area (Å²) in [5.74, 6) is -0.141. The molecule has 0 aliphatic rings. The molecule has 0 aromatic heterocycles. The fraction of sp³-hybridized carbons (Fsp3) is 0.364. The summed E-state index contributed by atoms with van der Waals surface area (Å²) in [4.78, 5) is 11.4. The second-order valence-corrected chi connectivity index (χ2v) is 3.73. The predicted molar refractivity (Wildman–Crippen MR) is 61.6 cm³/mol. The molecule has 0 saturated heterocycles. The summed E-state index contributed by atoms with van der Waals surface area (Å²) in [6, 6.07) is 6.97. The van der Waals surface area contributed by atoms with Crippen LogP contribution in [0.1, 0.15) is 18.9 Å². The number of halogens is 1. The number of rotatable bonds is 4. The van der Waals surface area contributed by atoms with Crippen LogP contribution >= 0.6 is 11.6 Å². The summed E-state index contributed by atoms with van der Waals surface area (Å²) in [6.45, 7) is 2.30. The van der Waals surface area contributed by atoms with Crippen molar-refractivity contribution in [1.82, 2.24) is 5.32 Å². The average Bonchev–Trinajstić information content (AvgIpc) is 2.26. The molecule has 0 unspecified atom stereocenters. The van der Waals surface area contributed by atoms with Gasteiger partial charge in [0, 0.05) is 11.6 Å². The number of nitrogens with one attached hydrogen (secondary N) is 1. The van der Waals surface area contributed by atoms with Crippen LogP contribution in [0.2, 0.25) is 5.02 Å². The Labute approximate surface area is 94.6 Å². The van der Waals surface area contributed by atoms with Crippen molar-refractivity contribution in [3.63, 3.8) is 0 Å². The molecule has 0 aliphatic heterocycles. The molecule has 4 heteroatoms. The third-order valence-corrected chi connectivity index (χ3v) is 2.56. The van der Waals surface area contributed by atoms with Crippen molar-refractivity contribution >= 4 is 17.5 Å². The van der Waals surface area contributed by atoms with Gasteiger partial charge in [-0.1, -0.05) is 36.7 Å². The van der Waals surface area contributed by atoms with Crippen molar-refractivity contribution in [2.24, 2.45) is 5.73 Å². The maximum absolute atomic E-state index is 11.4. The summed E-state index contributed by atoms with van der Waals surface area (Å²) >= 11 is 5.94. The second kappa shape index (κ2) is 5.73. The minimum absolute atomic E-state index is 0.141. The van der Waals surface area contributed by atoms with Gasteiger partial charge in [0.25, 0.3) is 0 Å². The Kier molecular flexibility index (Phi) is 4.59. The van der Waals surface area contributed by atoms with Crippen molar-refractivity contribution in [1.29, 1.82) is 0 Å². The number of carbonyl (C=O) groups excluding carboxylic acids is 1. The first-order chi connectivity index (χ1) is 7.15. The summed E-state index contributed by atoms with van der Waals surface area (Å²) < 4.78 is 0. The summed E-state index contributed by atoms with van der Waals surface area (Å²) in [6.07, 6.45) is 0.633. The van der Waals surface area contributed by atoms with Gasteiger partial charge >= 0.3 is 0 Å². The molecule has 1 rings (SSSR count). The number of benzene rings is 1. The lowest BCUT2D eigenvalue weighted by molar-refractivity contribution is -0.122. The van der Waals surface area contributed by atoms with E-state index in [-0.39, 0.29) is 5.91 Å². The number of amides is 1. The molecule has 15 heavy (non-hydrogen) atoms. The van der Waals surface area contributed by atoms with E-state index in [0.717, 1.165) is 5.56 Å². The van der Waals surface area contributed by atoms with Gasteiger partial charge in [0.15, 0.2) is 0 Å². The van der Waals surface area contributed by atoms with Crippen LogP contribution in [0, 0.1) is 0 Å². The Morgan fingerprint density at radius 3 is 2.80 bits per heavy atom. The Morgan fingerprint density at radius 1 is 1.53 bits per heavy atom. The van der Waals surface area contributed by atoms with E-state index in [1.54, 1.807) is 6.07 Å². The van der Waals surface area contributed by atoms with Crippen LogP contribution < -0.4 is 11.1 Å². The minimum Gasteiger partial charge on any atom is -0.351 e. The van der Waals surface area contributed by atoms with Crippen molar-refractivity contribution in [2.45, 2.75) is 25.9 Å². The SMILES string of the molecule is CC[C@H](N)C(=O)NCc1ccccc1Cl. The van der Waals surface area contributed by atoms with Crippen LogP contribution in [-0.2, 0) is 11.3 Å². The zero-order chi connectivity index (χ0) is 11.3. The maximum atomic E-state index is 11.4. The van der Waals surface area contributed by atoms with E-state index in [2.05, 4.69) is 5.32 Å². The van der Waals surface area contributed by atoms with Gasteiger partial charge < -0.3 is 11.1 Å². The van der Waals surface area contributed by atoms with Gasteiger partial charge in [0.1, 0.15) is 0 Å². The first-order valence-electron chi connectivity index (χ1n) is 4.91. The molecular formula is C11H15ClN2O. The van der Waals surface area contributed by atoms with Crippen LogP contribution in [0.5, 0.6) is 0 Å². The molecule has 0 bridgehead atoms. The predicted octanol–water partition coefficient (Wildman–Crippen LogP) is 1.69. The summed E-state index contributed by atoms with van der Waals surface area (Å²) in [5, 5.41) is 3.40. The lowest BCUT2D eigenvalue weighted by Crippen LogP contribution is -2.39. The minimum atomic E-state index is -0.438. The molecule has 3 N–H and O–H groups in total. The zero-order valence-electron chi connectivity index (χ0n) is 8.66. The first-order valence-corrected chi connectivity index (χ1v) is 5.29. The van der Waals surface area contributed by atoms with Gasteiger partial charge in [-0.05, 0) is 18.1 Å². The molecule has 3 nitrogen and oxygen atoms in total. The fourth-order valence-corrected chi connectivity index (χ4v) is 1.34. The lowest BCUT2D eigenvalue weighted by atomic mass is 10.2. The first kappa shape index (κ1) is 12.0. The standard InChI is InChI=1S/C11H15ClN2O/c1-2-10(13)11(15)14-7-8-5-3-4-6-9(8)12/h3-6,10H,2,7,13H2,1H3,(H,14,15)/t10-/m0/s1. The highest BCUT2D eigenvalue weighted by molar-refractivity contribution is 6.31. The normalized spacial score (nSPS) is 12.2. The van der Waals surface area contributed by atoms with Crippen LogP contribution in [0.15, 0.2) is 24.3 Å². The Morgan fingerprint density at radius 2 is 2.20 bits per heavy atom. The smallest absolute Gasteiger partial charge is 0.237 e. The topological polar surface area (TPSA) is 55.1 Å². The van der Waals surface area contributed by atoms with Crippen LogP contribution in [0.3, 0.4) is 0 Å². The quantitative estimate of drug-likeness (QED) is 0.821. The molecular weight excluding hydrogens is 212 g/mol. The number of carbonyl (C=O) groups is 1. The second-order valence-electron chi connectivity index (χ2n) is 3.32. The van der Waals surface area contributed by atoms with Crippen LogP contribution in [-0.4, -0.2) is 11.9 Å². The number of hydrogen-bond donors (Lipinski definition) is 2. The third-order valence-electron chi connectivity index (χ3n) is 2.19. The van der Waals surface area contributed by atoms with Gasteiger partial charge in [0.05, 0.1) is 6.04 Å². The lowest BCUT2D eigenvalue weighted by Gasteiger charge is -2.10. The van der Waals surface area contributed by atoms with E-state index in [1.165, 1.54) is 0 Å². The molecule has 82 valence electrons. The fourth-order valence-electron chi connectivity index (χ4n) is 1.14. The molecule has 0 radical (unpaired) electrons. The van der Waals surface area contributed by atoms with Gasteiger partial charge in [0.2, 0.25) is 5.91 Å². The monoisotopic (exact) mass is 226 g/mol. The van der Waals surface area contributed by atoms with E-state index >= 15 is 0 Å². The Bertz CT molecular complexity index is 341. The summed E-state index contributed by atoms with van der Waals surface area (Å²) in [7, 11) is 0. The van der Waals surface area contributed by atoms with E-state index in [4.69, 9.17) is 17.3 Å². The Balaban J connectivity index is 2.51. The van der Waals surface area contributed by atoms with Gasteiger partial charge in [-0.15, -0.1) is 0 Å². The molecule has 0 spiro atoms. The largest absolute Gasteiger partial charge is 0.351 e. The van der Waals surface area contributed by atoms with Gasteiger partial charge in [-0.25, -0.2) is 0 Å². The molecule has 0 aliphatic carbocycles. The summed E-state index contributed by atoms with van der Waals surface area (Å²) in [5.41, 5.74) is 6.47. The number of hydrogen-bond acceptors (Lipinski definition) is 2. The van der Waals surface area contributed by atoms with Crippen molar-refractivity contribution in [3.8, 4) is 0 Å². The average molecular weight is 227 g/mol. The van der Waals surface area contributed by atoms with E-state index < -0.39 is 6.04 Å². The molecule has 0 fully saturated rings. The highest BCUT2D eigenvalue weighted by Gasteiger charge is 2.10. The molecule has 1 aromatic carbocycles. The van der Waals surface area contributed by atoms with E-state index in [1.807, 2.05) is 25.1 Å². The highest BCUT2D eigenvalue weighted by Crippen LogP contribution is 2.14. The third kappa shape index (κ3) is 3.53. The molecule has 1 atom stereocenters. The van der Waals surface area contributed by atoms with Crippen molar-refractivity contribution in [2.75, 3.05) is 0 Å². The molecule has 0 heterocycles. The Hall–Kier alpha value is -1.06. The van der Waals surface area contributed by atoms with Crippen LogP contribution in [0.25, 0.3) is 0 Å². The van der Waals surface area contributed by atoms with Crippen LogP contribution in [0.4, 0.5) is 0 Å². The van der Waals surface area contributed by atoms with E-state index in [9.17, 15) is 4.79 Å². The number of nitrogens with two attached hydrogens (primary N) is 1. The van der Waals surface area contributed by atoms with E-state index in [0.29, 0.717) is 18.0 Å².